The molecule has 0 aliphatic carbocycles. The van der Waals surface area contributed by atoms with E-state index in [2.05, 4.69) is 25.3 Å². The van der Waals surface area contributed by atoms with Crippen LogP contribution >= 0.6 is 12.2 Å². The van der Waals surface area contributed by atoms with Gasteiger partial charge in [-0.05, 0) is 48.6 Å². The molecule has 14 heteroatoms. The minimum absolute atomic E-state index is 0.0191. The molecule has 0 fully saturated rings. The van der Waals surface area contributed by atoms with Gasteiger partial charge in [0.15, 0.2) is 10.9 Å². The summed E-state index contributed by atoms with van der Waals surface area (Å²) >= 11 is 5.23. The first-order valence-electron chi connectivity index (χ1n) is 10.7. The van der Waals surface area contributed by atoms with E-state index in [4.69, 9.17) is 31.2 Å². The van der Waals surface area contributed by atoms with Crippen molar-refractivity contribution in [3.63, 3.8) is 0 Å². The van der Waals surface area contributed by atoms with E-state index in [1.54, 1.807) is 31.4 Å². The summed E-state index contributed by atoms with van der Waals surface area (Å²) < 4.78 is 48.4. The molecular weight excluding hydrogens is 522 g/mol. The average molecular weight is 548 g/mol. The highest BCUT2D eigenvalue weighted by Gasteiger charge is 2.18. The summed E-state index contributed by atoms with van der Waals surface area (Å²) in [7, 11) is 0.302. The van der Waals surface area contributed by atoms with Crippen LogP contribution in [0.15, 0.2) is 59.5 Å². The first kappa shape index (κ1) is 27.6. The van der Waals surface area contributed by atoms with Gasteiger partial charge in [-0.3, -0.25) is 14.8 Å². The number of amides is 1. The minimum atomic E-state index is -3.98. The predicted octanol–water partition coefficient (Wildman–Crippen LogP) is 2.45. The molecule has 37 heavy (non-hydrogen) atoms. The van der Waals surface area contributed by atoms with E-state index in [1.807, 2.05) is 0 Å². The number of para-hydroxylation sites is 1. The highest BCUT2D eigenvalue weighted by Crippen LogP contribution is 2.22. The number of hydrogen-bond acceptors (Lipinski definition) is 10. The van der Waals surface area contributed by atoms with Gasteiger partial charge in [0, 0.05) is 18.9 Å². The number of carbonyl (C=O) groups excluding carboxylic acids is 1. The highest BCUT2D eigenvalue weighted by molar-refractivity contribution is 7.92. The molecule has 3 rings (SSSR count). The number of nitrogens with one attached hydrogen (secondary N) is 3. The fraction of sp³-hybridized carbons (Fsp3) is 0.217. The van der Waals surface area contributed by atoms with Crippen molar-refractivity contribution < 1.29 is 32.2 Å². The van der Waals surface area contributed by atoms with Gasteiger partial charge in [0.05, 0.1) is 31.3 Å². The van der Waals surface area contributed by atoms with Crippen molar-refractivity contribution in [1.82, 2.24) is 15.3 Å². The van der Waals surface area contributed by atoms with Gasteiger partial charge in [-0.15, -0.1) is 0 Å². The molecule has 0 atom stereocenters. The van der Waals surface area contributed by atoms with Crippen molar-refractivity contribution in [1.29, 1.82) is 0 Å². The van der Waals surface area contributed by atoms with Gasteiger partial charge in [-0.2, -0.15) is 9.97 Å². The number of sulfonamides is 1. The second-order valence-corrected chi connectivity index (χ2v) is 9.25. The van der Waals surface area contributed by atoms with Gasteiger partial charge in [0.1, 0.15) is 12.4 Å². The standard InChI is InChI=1S/C23H25N5O7S2/c1-32-12-13-35-18-7-5-4-6-17(18)21(29)27-23(36)24-15-8-10-16(11-9-15)37(30,31)28-19-14-20(33-2)26-22(25-19)34-3/h4-11,14H,12-13H2,1-3H3,(H,25,26,28)(H2,24,27,29,36). The first-order chi connectivity index (χ1) is 17.7. The van der Waals surface area contributed by atoms with Crippen LogP contribution < -0.4 is 29.6 Å². The molecular formula is C23H25N5O7S2. The van der Waals surface area contributed by atoms with E-state index in [-0.39, 0.29) is 34.3 Å². The number of aromatic nitrogens is 2. The van der Waals surface area contributed by atoms with Crippen LogP contribution in [0.25, 0.3) is 0 Å². The molecule has 0 bridgehead atoms. The highest BCUT2D eigenvalue weighted by atomic mass is 32.2. The van der Waals surface area contributed by atoms with E-state index < -0.39 is 15.9 Å². The molecule has 0 aliphatic rings. The van der Waals surface area contributed by atoms with Gasteiger partial charge >= 0.3 is 6.01 Å². The van der Waals surface area contributed by atoms with Gasteiger partial charge in [0.25, 0.3) is 15.9 Å². The Kier molecular flexibility index (Phi) is 9.54. The van der Waals surface area contributed by atoms with Crippen molar-refractivity contribution in [2.45, 2.75) is 4.90 Å². The normalized spacial score (nSPS) is 10.8. The Bertz CT molecular complexity index is 1330. The number of rotatable bonds is 11. The number of nitrogens with zero attached hydrogens (tertiary/aromatic N) is 2. The summed E-state index contributed by atoms with van der Waals surface area (Å²) in [6.45, 7) is 0.657. The van der Waals surface area contributed by atoms with Crippen molar-refractivity contribution in [2.24, 2.45) is 0 Å². The van der Waals surface area contributed by atoms with E-state index in [9.17, 15) is 13.2 Å². The SMILES string of the molecule is COCCOc1ccccc1C(=O)NC(=S)Nc1ccc(S(=O)(=O)Nc2cc(OC)nc(OC)n2)cc1. The van der Waals surface area contributed by atoms with Crippen molar-refractivity contribution in [2.75, 3.05) is 44.6 Å². The maximum absolute atomic E-state index is 12.8. The monoisotopic (exact) mass is 547 g/mol. The van der Waals surface area contributed by atoms with E-state index in [0.717, 1.165) is 0 Å². The number of carbonyl (C=O) groups is 1. The number of anilines is 2. The average Bonchev–Trinajstić information content (AvgIpc) is 2.88. The third-order valence-corrected chi connectivity index (χ3v) is 6.21. The summed E-state index contributed by atoms with van der Waals surface area (Å²) in [6, 6.07) is 13.7. The zero-order valence-corrected chi connectivity index (χ0v) is 21.8. The minimum Gasteiger partial charge on any atom is -0.490 e. The van der Waals surface area contributed by atoms with Gasteiger partial charge in [-0.1, -0.05) is 12.1 Å². The molecule has 1 amide bonds. The Morgan fingerprint density at radius 2 is 1.70 bits per heavy atom. The molecule has 196 valence electrons. The Labute approximate surface area is 219 Å². The van der Waals surface area contributed by atoms with Crippen LogP contribution in [0.5, 0.6) is 17.6 Å². The van der Waals surface area contributed by atoms with Gasteiger partial charge in [0.2, 0.25) is 5.88 Å². The molecule has 1 heterocycles. The lowest BCUT2D eigenvalue weighted by Crippen LogP contribution is -2.34. The van der Waals surface area contributed by atoms with Crippen molar-refractivity contribution >= 4 is 44.8 Å². The maximum atomic E-state index is 12.8. The molecule has 12 nitrogen and oxygen atoms in total. The number of methoxy groups -OCH3 is 3. The third-order valence-electron chi connectivity index (χ3n) is 4.64. The van der Waals surface area contributed by atoms with Crippen molar-refractivity contribution in [3.8, 4) is 17.6 Å². The summed E-state index contributed by atoms with van der Waals surface area (Å²) in [4.78, 5) is 20.5. The fourth-order valence-electron chi connectivity index (χ4n) is 2.91. The van der Waals surface area contributed by atoms with Crippen LogP contribution in [0.2, 0.25) is 0 Å². The second-order valence-electron chi connectivity index (χ2n) is 7.16. The van der Waals surface area contributed by atoms with Crippen molar-refractivity contribution in [3.05, 3.63) is 60.2 Å². The fourth-order valence-corrected chi connectivity index (χ4v) is 4.12. The molecule has 2 aromatic carbocycles. The van der Waals surface area contributed by atoms with Crippen LogP contribution in [0, 0.1) is 0 Å². The molecule has 3 N–H and O–H groups in total. The van der Waals surface area contributed by atoms with E-state index in [0.29, 0.717) is 23.6 Å². The number of thiocarbonyl (C=S) groups is 1. The lowest BCUT2D eigenvalue weighted by atomic mass is 10.2. The summed E-state index contributed by atoms with van der Waals surface area (Å²) in [5, 5.41) is 5.44. The first-order valence-corrected chi connectivity index (χ1v) is 12.6. The van der Waals surface area contributed by atoms with Crippen LogP contribution in [0.3, 0.4) is 0 Å². The molecule has 0 saturated carbocycles. The quantitative estimate of drug-likeness (QED) is 0.240. The van der Waals surface area contributed by atoms with Crippen LogP contribution in [0.4, 0.5) is 11.5 Å². The van der Waals surface area contributed by atoms with E-state index in [1.165, 1.54) is 44.6 Å². The molecule has 0 radical (unpaired) electrons. The van der Waals surface area contributed by atoms with Crippen LogP contribution in [-0.4, -0.2) is 63.9 Å². The molecule has 0 spiro atoms. The number of ether oxygens (including phenoxy) is 4. The second kappa shape index (κ2) is 12.8. The summed E-state index contributed by atoms with van der Waals surface area (Å²) in [6.07, 6.45) is 0. The largest absolute Gasteiger partial charge is 0.490 e. The molecule has 1 aromatic heterocycles. The number of hydrogen-bond donors (Lipinski definition) is 3. The van der Waals surface area contributed by atoms with Crippen LogP contribution in [-0.2, 0) is 14.8 Å². The lowest BCUT2D eigenvalue weighted by molar-refractivity contribution is 0.0970. The Morgan fingerprint density at radius 3 is 2.38 bits per heavy atom. The Balaban J connectivity index is 1.64. The molecule has 3 aromatic rings. The molecule has 0 saturated heterocycles. The van der Waals surface area contributed by atoms with Gasteiger partial charge < -0.3 is 24.3 Å². The topological polar surface area (TPSA) is 150 Å². The zero-order chi connectivity index (χ0) is 26.8. The smallest absolute Gasteiger partial charge is 0.321 e. The Hall–Kier alpha value is -4.01. The lowest BCUT2D eigenvalue weighted by Gasteiger charge is -2.13. The van der Waals surface area contributed by atoms with Crippen LogP contribution in [0.1, 0.15) is 10.4 Å². The predicted molar refractivity (Wildman–Crippen MR) is 140 cm³/mol. The molecule has 0 aliphatic heterocycles. The number of benzene rings is 2. The third kappa shape index (κ3) is 7.73. The zero-order valence-electron chi connectivity index (χ0n) is 20.2. The maximum Gasteiger partial charge on any atom is 0.321 e. The van der Waals surface area contributed by atoms with Gasteiger partial charge in [-0.25, -0.2) is 8.42 Å². The van der Waals surface area contributed by atoms with E-state index >= 15 is 0 Å². The molecule has 0 unspecified atom stereocenters. The Morgan fingerprint density at radius 1 is 0.973 bits per heavy atom. The summed E-state index contributed by atoms with van der Waals surface area (Å²) in [5.74, 6) is 0.0237. The summed E-state index contributed by atoms with van der Waals surface area (Å²) in [5.41, 5.74) is 0.757.